The number of rotatable bonds is 3. The highest BCUT2D eigenvalue weighted by Crippen LogP contribution is 2.37. The van der Waals surface area contributed by atoms with Crippen molar-refractivity contribution in [1.82, 2.24) is 14.9 Å². The zero-order chi connectivity index (χ0) is 13.2. The van der Waals surface area contributed by atoms with Crippen molar-refractivity contribution in [3.8, 4) is 0 Å². The van der Waals surface area contributed by atoms with Crippen LogP contribution < -0.4 is 5.32 Å². The highest BCUT2D eigenvalue weighted by Gasteiger charge is 2.45. The fourth-order valence-electron chi connectivity index (χ4n) is 2.56. The zero-order valence-electron chi connectivity index (χ0n) is 10.4. The van der Waals surface area contributed by atoms with E-state index in [9.17, 15) is 13.2 Å². The van der Waals surface area contributed by atoms with Gasteiger partial charge in [-0.25, -0.2) is 4.98 Å². The van der Waals surface area contributed by atoms with Crippen molar-refractivity contribution < 1.29 is 13.2 Å². The van der Waals surface area contributed by atoms with Crippen molar-refractivity contribution in [3.05, 3.63) is 18.2 Å². The molecular formula is C12H18F3N3. The van der Waals surface area contributed by atoms with Gasteiger partial charge >= 0.3 is 6.18 Å². The lowest BCUT2D eigenvalue weighted by Crippen LogP contribution is -2.45. The fraction of sp³-hybridized carbons (Fsp3) is 0.750. The number of hydrogen-bond donors (Lipinski definition) is 1. The summed E-state index contributed by atoms with van der Waals surface area (Å²) in [6, 6.07) is -0.464. The summed E-state index contributed by atoms with van der Waals surface area (Å²) in [6.45, 7) is 0.438. The Hall–Kier alpha value is -1.04. The molecule has 1 saturated carbocycles. The molecule has 1 aliphatic carbocycles. The van der Waals surface area contributed by atoms with Crippen molar-refractivity contribution in [2.24, 2.45) is 13.0 Å². The Kier molecular flexibility index (Phi) is 3.94. The van der Waals surface area contributed by atoms with E-state index in [0.717, 1.165) is 12.1 Å². The SMILES string of the molecule is Cn1cncc1CN[C@H]1CCCC[C@H]1C(F)(F)F. The lowest BCUT2D eigenvalue weighted by Gasteiger charge is -2.33. The molecule has 1 aromatic heterocycles. The molecule has 1 heterocycles. The number of halogens is 3. The van der Waals surface area contributed by atoms with Crippen LogP contribution in [-0.2, 0) is 13.6 Å². The van der Waals surface area contributed by atoms with E-state index in [-0.39, 0.29) is 6.42 Å². The van der Waals surface area contributed by atoms with Crippen LogP contribution in [0, 0.1) is 5.92 Å². The van der Waals surface area contributed by atoms with Gasteiger partial charge < -0.3 is 9.88 Å². The van der Waals surface area contributed by atoms with Gasteiger partial charge in [-0.1, -0.05) is 12.8 Å². The molecule has 0 aliphatic heterocycles. The molecule has 0 spiro atoms. The Labute approximate surface area is 104 Å². The third-order valence-electron chi connectivity index (χ3n) is 3.65. The molecule has 102 valence electrons. The first-order chi connectivity index (χ1) is 8.48. The molecule has 0 radical (unpaired) electrons. The predicted octanol–water partition coefficient (Wildman–Crippen LogP) is 2.63. The number of aromatic nitrogens is 2. The zero-order valence-corrected chi connectivity index (χ0v) is 10.4. The van der Waals surface area contributed by atoms with Crippen LogP contribution >= 0.6 is 0 Å². The Balaban J connectivity index is 1.96. The number of aryl methyl sites for hydroxylation is 1. The van der Waals surface area contributed by atoms with Gasteiger partial charge in [0.15, 0.2) is 0 Å². The molecule has 0 aromatic carbocycles. The van der Waals surface area contributed by atoms with Crippen molar-refractivity contribution in [1.29, 1.82) is 0 Å². The summed E-state index contributed by atoms with van der Waals surface area (Å²) in [5.74, 6) is -1.21. The minimum absolute atomic E-state index is 0.243. The minimum atomic E-state index is -4.09. The van der Waals surface area contributed by atoms with Gasteiger partial charge in [0.1, 0.15) is 0 Å². The fourth-order valence-corrected chi connectivity index (χ4v) is 2.56. The Morgan fingerprint density at radius 2 is 2.11 bits per heavy atom. The van der Waals surface area contributed by atoms with Gasteiger partial charge in [0, 0.05) is 25.8 Å². The van der Waals surface area contributed by atoms with Crippen molar-refractivity contribution >= 4 is 0 Å². The van der Waals surface area contributed by atoms with Gasteiger partial charge in [-0.05, 0) is 12.8 Å². The van der Waals surface area contributed by atoms with Gasteiger partial charge in [0.05, 0.1) is 17.9 Å². The molecule has 0 amide bonds. The summed E-state index contributed by atoms with van der Waals surface area (Å²) >= 11 is 0. The first-order valence-corrected chi connectivity index (χ1v) is 6.24. The molecule has 1 fully saturated rings. The number of hydrogen-bond acceptors (Lipinski definition) is 2. The van der Waals surface area contributed by atoms with Crippen LogP contribution in [-0.4, -0.2) is 21.8 Å². The molecule has 1 aromatic rings. The summed E-state index contributed by atoms with van der Waals surface area (Å²) < 4.78 is 40.5. The molecule has 2 rings (SSSR count). The highest BCUT2D eigenvalue weighted by molar-refractivity contribution is 4.98. The normalized spacial score (nSPS) is 25.3. The second kappa shape index (κ2) is 5.30. The van der Waals surface area contributed by atoms with Crippen LogP contribution in [0.25, 0.3) is 0 Å². The first kappa shape index (κ1) is 13.4. The van der Waals surface area contributed by atoms with E-state index in [4.69, 9.17) is 0 Å². The summed E-state index contributed by atoms with van der Waals surface area (Å²) in [4.78, 5) is 3.95. The number of alkyl halides is 3. The summed E-state index contributed by atoms with van der Waals surface area (Å²) in [7, 11) is 1.84. The molecular weight excluding hydrogens is 243 g/mol. The van der Waals surface area contributed by atoms with Crippen LogP contribution in [0.4, 0.5) is 13.2 Å². The largest absolute Gasteiger partial charge is 0.393 e. The topological polar surface area (TPSA) is 29.9 Å². The monoisotopic (exact) mass is 261 g/mol. The average molecular weight is 261 g/mol. The van der Waals surface area contributed by atoms with E-state index in [2.05, 4.69) is 10.3 Å². The maximum Gasteiger partial charge on any atom is 0.393 e. The Bertz CT molecular complexity index is 386. The van der Waals surface area contributed by atoms with Crippen LogP contribution in [0.15, 0.2) is 12.5 Å². The third-order valence-corrected chi connectivity index (χ3v) is 3.65. The summed E-state index contributed by atoms with van der Waals surface area (Å²) in [5.41, 5.74) is 0.904. The molecule has 2 atom stereocenters. The number of nitrogens with zero attached hydrogens (tertiary/aromatic N) is 2. The molecule has 1 N–H and O–H groups in total. The standard InChI is InChI=1S/C12H18F3N3/c1-18-8-16-6-9(18)7-17-11-5-3-2-4-10(11)12(13,14)15/h6,8,10-11,17H,2-5,7H2,1H3/t10-,11+/m1/s1. The first-order valence-electron chi connectivity index (χ1n) is 6.24. The molecule has 18 heavy (non-hydrogen) atoms. The average Bonchev–Trinajstić information content (AvgIpc) is 2.71. The highest BCUT2D eigenvalue weighted by atomic mass is 19.4. The van der Waals surface area contributed by atoms with E-state index in [1.54, 1.807) is 12.5 Å². The van der Waals surface area contributed by atoms with Gasteiger partial charge in [0.2, 0.25) is 0 Å². The van der Waals surface area contributed by atoms with Gasteiger partial charge in [-0.2, -0.15) is 13.2 Å². The van der Waals surface area contributed by atoms with Crippen LogP contribution in [0.5, 0.6) is 0 Å². The van der Waals surface area contributed by atoms with E-state index >= 15 is 0 Å². The summed E-state index contributed by atoms with van der Waals surface area (Å²) in [5, 5.41) is 3.04. The number of imidazole rings is 1. The predicted molar refractivity (Wildman–Crippen MR) is 61.8 cm³/mol. The molecule has 1 aliphatic rings. The molecule has 0 bridgehead atoms. The van der Waals surface area contributed by atoms with Crippen molar-refractivity contribution in [2.45, 2.75) is 44.4 Å². The van der Waals surface area contributed by atoms with E-state index in [0.29, 0.717) is 19.4 Å². The second-order valence-corrected chi connectivity index (χ2v) is 4.92. The van der Waals surface area contributed by atoms with Crippen molar-refractivity contribution in [3.63, 3.8) is 0 Å². The third kappa shape index (κ3) is 3.04. The van der Waals surface area contributed by atoms with E-state index in [1.165, 1.54) is 0 Å². The maximum absolute atomic E-state index is 12.9. The van der Waals surface area contributed by atoms with Crippen molar-refractivity contribution in [2.75, 3.05) is 0 Å². The van der Waals surface area contributed by atoms with Crippen LogP contribution in [0.2, 0.25) is 0 Å². The smallest absolute Gasteiger partial charge is 0.337 e. The molecule has 6 heteroatoms. The van der Waals surface area contributed by atoms with Crippen LogP contribution in [0.1, 0.15) is 31.4 Å². The summed E-state index contributed by atoms with van der Waals surface area (Å²) in [6.07, 6.45) is 1.63. The van der Waals surface area contributed by atoms with Crippen LogP contribution in [0.3, 0.4) is 0 Å². The molecule has 0 unspecified atom stereocenters. The van der Waals surface area contributed by atoms with E-state index in [1.807, 2.05) is 11.6 Å². The van der Waals surface area contributed by atoms with Gasteiger partial charge in [0.25, 0.3) is 0 Å². The van der Waals surface area contributed by atoms with E-state index < -0.39 is 18.1 Å². The molecule has 3 nitrogen and oxygen atoms in total. The lowest BCUT2D eigenvalue weighted by atomic mass is 9.84. The number of nitrogens with one attached hydrogen (secondary N) is 1. The Morgan fingerprint density at radius 1 is 1.39 bits per heavy atom. The second-order valence-electron chi connectivity index (χ2n) is 4.92. The lowest BCUT2D eigenvalue weighted by molar-refractivity contribution is -0.189. The quantitative estimate of drug-likeness (QED) is 0.906. The molecule has 0 saturated heterocycles. The van der Waals surface area contributed by atoms with Gasteiger partial charge in [-0.15, -0.1) is 0 Å². The minimum Gasteiger partial charge on any atom is -0.337 e. The van der Waals surface area contributed by atoms with Gasteiger partial charge in [-0.3, -0.25) is 0 Å². The Morgan fingerprint density at radius 3 is 2.72 bits per heavy atom. The maximum atomic E-state index is 12.9.